The second kappa shape index (κ2) is 7.20. The second-order valence-electron chi connectivity index (χ2n) is 6.73. The molecule has 3 heteroatoms. The molecule has 0 bridgehead atoms. The van der Waals surface area contributed by atoms with Crippen molar-refractivity contribution in [2.45, 2.75) is 18.9 Å². The number of fused-ring (bicyclic) bond motifs is 1. The minimum absolute atomic E-state index is 0.707. The molecule has 0 aliphatic carbocycles. The van der Waals surface area contributed by atoms with Gasteiger partial charge in [0.05, 0.1) is 0 Å². The van der Waals surface area contributed by atoms with Gasteiger partial charge in [-0.05, 0) is 41.5 Å². The van der Waals surface area contributed by atoms with Crippen molar-refractivity contribution in [3.63, 3.8) is 0 Å². The molecule has 0 amide bonds. The van der Waals surface area contributed by atoms with Gasteiger partial charge in [-0.2, -0.15) is 0 Å². The van der Waals surface area contributed by atoms with E-state index in [0.717, 1.165) is 19.6 Å². The summed E-state index contributed by atoms with van der Waals surface area (Å²) < 4.78 is 0. The average Bonchev–Trinajstić information content (AvgIpc) is 3.29. The lowest BCUT2D eigenvalue weighted by atomic mass is 9.99. The number of hydrogen-bond donors (Lipinski definition) is 2. The zero-order valence-corrected chi connectivity index (χ0v) is 14.0. The first-order chi connectivity index (χ1) is 11.9. The Morgan fingerprint density at radius 2 is 1.96 bits per heavy atom. The molecular formula is C21H25N3. The first-order valence-electron chi connectivity index (χ1n) is 8.93. The topological polar surface area (TPSA) is 31.1 Å². The summed E-state index contributed by atoms with van der Waals surface area (Å²) in [5.74, 6) is 0.707. The van der Waals surface area contributed by atoms with Gasteiger partial charge in [0.25, 0.3) is 0 Å². The number of hydrogen-bond acceptors (Lipinski definition) is 2. The first-order valence-corrected chi connectivity index (χ1v) is 8.93. The third-order valence-electron chi connectivity index (χ3n) is 5.14. The quantitative estimate of drug-likeness (QED) is 0.678. The van der Waals surface area contributed by atoms with Crippen molar-refractivity contribution < 1.29 is 0 Å². The number of nitrogens with one attached hydrogen (secondary N) is 2. The van der Waals surface area contributed by atoms with Gasteiger partial charge < -0.3 is 15.2 Å². The van der Waals surface area contributed by atoms with Crippen LogP contribution in [0.5, 0.6) is 0 Å². The molecule has 3 aromatic rings. The van der Waals surface area contributed by atoms with Gasteiger partial charge in [-0.1, -0.05) is 48.5 Å². The van der Waals surface area contributed by atoms with Crippen LogP contribution in [0.3, 0.4) is 0 Å². The molecule has 1 aliphatic rings. The van der Waals surface area contributed by atoms with E-state index >= 15 is 0 Å². The van der Waals surface area contributed by atoms with Crippen molar-refractivity contribution in [1.82, 2.24) is 15.2 Å². The van der Waals surface area contributed by atoms with E-state index < -0.39 is 0 Å². The van der Waals surface area contributed by atoms with Gasteiger partial charge in [-0.3, -0.25) is 0 Å². The van der Waals surface area contributed by atoms with Gasteiger partial charge in [0.2, 0.25) is 0 Å². The number of aromatic amines is 1. The maximum absolute atomic E-state index is 3.60. The molecule has 0 saturated carbocycles. The lowest BCUT2D eigenvalue weighted by Gasteiger charge is -2.16. The van der Waals surface area contributed by atoms with E-state index in [1.54, 1.807) is 0 Å². The Hall–Kier alpha value is -2.10. The zero-order chi connectivity index (χ0) is 16.2. The molecule has 24 heavy (non-hydrogen) atoms. The van der Waals surface area contributed by atoms with E-state index in [2.05, 4.69) is 69.8 Å². The molecule has 1 atom stereocenters. The standard InChI is InChI=1S/C21H25N3/c1-2-5-17(6-3-1)20-10-13-24(16-20)14-12-22-15-19-8-4-7-18-9-11-23-21(18)19/h1-9,11,20,22-23H,10,12-16H2. The molecule has 1 aliphatic heterocycles. The van der Waals surface area contributed by atoms with Gasteiger partial charge >= 0.3 is 0 Å². The fourth-order valence-electron chi connectivity index (χ4n) is 3.79. The van der Waals surface area contributed by atoms with E-state index in [9.17, 15) is 0 Å². The maximum atomic E-state index is 3.60. The van der Waals surface area contributed by atoms with Crippen LogP contribution >= 0.6 is 0 Å². The van der Waals surface area contributed by atoms with E-state index in [0.29, 0.717) is 5.92 Å². The zero-order valence-electron chi connectivity index (χ0n) is 14.0. The summed E-state index contributed by atoms with van der Waals surface area (Å²) in [6.45, 7) is 5.50. The number of likely N-dealkylation sites (tertiary alicyclic amines) is 1. The van der Waals surface area contributed by atoms with Crippen molar-refractivity contribution in [2.24, 2.45) is 0 Å². The Morgan fingerprint density at radius 3 is 2.88 bits per heavy atom. The molecule has 2 heterocycles. The molecule has 1 saturated heterocycles. The number of nitrogens with zero attached hydrogens (tertiary/aromatic N) is 1. The van der Waals surface area contributed by atoms with Crippen LogP contribution in [0.2, 0.25) is 0 Å². The van der Waals surface area contributed by atoms with Crippen molar-refractivity contribution in [2.75, 3.05) is 26.2 Å². The SMILES string of the molecule is c1ccc(C2CCN(CCNCc3cccc4cc[nH]c34)C2)cc1. The Balaban J connectivity index is 1.24. The Morgan fingerprint density at radius 1 is 1.04 bits per heavy atom. The number of rotatable bonds is 6. The monoisotopic (exact) mass is 319 g/mol. The first kappa shape index (κ1) is 15.4. The highest BCUT2D eigenvalue weighted by Gasteiger charge is 2.22. The van der Waals surface area contributed by atoms with Crippen LogP contribution in [0.25, 0.3) is 10.9 Å². The predicted molar refractivity (Wildman–Crippen MR) is 100 cm³/mol. The maximum Gasteiger partial charge on any atom is 0.0499 e. The minimum atomic E-state index is 0.707. The molecule has 0 spiro atoms. The van der Waals surface area contributed by atoms with Crippen LogP contribution in [-0.4, -0.2) is 36.1 Å². The molecule has 124 valence electrons. The third-order valence-corrected chi connectivity index (χ3v) is 5.14. The highest BCUT2D eigenvalue weighted by molar-refractivity contribution is 5.82. The summed E-state index contributed by atoms with van der Waals surface area (Å²) in [5, 5.41) is 4.89. The largest absolute Gasteiger partial charge is 0.361 e. The van der Waals surface area contributed by atoms with Crippen molar-refractivity contribution in [1.29, 1.82) is 0 Å². The molecular weight excluding hydrogens is 294 g/mol. The molecule has 0 radical (unpaired) electrons. The minimum Gasteiger partial charge on any atom is -0.361 e. The third kappa shape index (κ3) is 3.37. The fraction of sp³-hybridized carbons (Fsp3) is 0.333. The molecule has 4 rings (SSSR count). The highest BCUT2D eigenvalue weighted by atomic mass is 15.2. The number of para-hydroxylation sites is 1. The molecule has 1 aromatic heterocycles. The van der Waals surface area contributed by atoms with Crippen LogP contribution < -0.4 is 5.32 Å². The van der Waals surface area contributed by atoms with Crippen molar-refractivity contribution in [3.8, 4) is 0 Å². The lowest BCUT2D eigenvalue weighted by Crippen LogP contribution is -2.30. The van der Waals surface area contributed by atoms with E-state index in [1.165, 1.54) is 41.5 Å². The molecule has 2 aromatic carbocycles. The van der Waals surface area contributed by atoms with Gasteiger partial charge in [0.1, 0.15) is 0 Å². The van der Waals surface area contributed by atoms with Gasteiger partial charge in [-0.25, -0.2) is 0 Å². The summed E-state index contributed by atoms with van der Waals surface area (Å²) in [6.07, 6.45) is 3.30. The van der Waals surface area contributed by atoms with E-state index in [-0.39, 0.29) is 0 Å². The number of benzene rings is 2. The van der Waals surface area contributed by atoms with Crippen LogP contribution in [-0.2, 0) is 6.54 Å². The Bertz CT molecular complexity index is 778. The molecule has 1 fully saturated rings. The van der Waals surface area contributed by atoms with E-state index in [1.807, 2.05) is 6.20 Å². The smallest absolute Gasteiger partial charge is 0.0499 e. The summed E-state index contributed by atoms with van der Waals surface area (Å²) in [6, 6.07) is 19.6. The average molecular weight is 319 g/mol. The highest BCUT2D eigenvalue weighted by Crippen LogP contribution is 2.26. The molecule has 1 unspecified atom stereocenters. The number of H-pyrrole nitrogens is 1. The Kier molecular flexibility index (Phi) is 4.63. The van der Waals surface area contributed by atoms with Crippen LogP contribution in [0.15, 0.2) is 60.8 Å². The van der Waals surface area contributed by atoms with Gasteiger partial charge in [0, 0.05) is 37.9 Å². The van der Waals surface area contributed by atoms with Crippen LogP contribution in [0, 0.1) is 0 Å². The normalized spacial score (nSPS) is 18.4. The van der Waals surface area contributed by atoms with Crippen LogP contribution in [0.4, 0.5) is 0 Å². The van der Waals surface area contributed by atoms with Crippen molar-refractivity contribution in [3.05, 3.63) is 71.9 Å². The second-order valence-corrected chi connectivity index (χ2v) is 6.73. The summed E-state index contributed by atoms with van der Waals surface area (Å²) in [4.78, 5) is 5.93. The molecule has 3 nitrogen and oxygen atoms in total. The predicted octanol–water partition coefficient (Wildman–Crippen LogP) is 3.75. The number of aromatic nitrogens is 1. The Labute approximate surface area is 143 Å². The lowest BCUT2D eigenvalue weighted by molar-refractivity contribution is 0.331. The van der Waals surface area contributed by atoms with Crippen LogP contribution in [0.1, 0.15) is 23.5 Å². The van der Waals surface area contributed by atoms with Crippen molar-refractivity contribution >= 4 is 10.9 Å². The summed E-state index contributed by atoms with van der Waals surface area (Å²) in [5.41, 5.74) is 4.10. The van der Waals surface area contributed by atoms with Gasteiger partial charge in [-0.15, -0.1) is 0 Å². The summed E-state index contributed by atoms with van der Waals surface area (Å²) in [7, 11) is 0. The fourth-order valence-corrected chi connectivity index (χ4v) is 3.79. The summed E-state index contributed by atoms with van der Waals surface area (Å²) >= 11 is 0. The molecule has 2 N–H and O–H groups in total. The van der Waals surface area contributed by atoms with Gasteiger partial charge in [0.15, 0.2) is 0 Å². The van der Waals surface area contributed by atoms with E-state index in [4.69, 9.17) is 0 Å².